The van der Waals surface area contributed by atoms with Crippen molar-refractivity contribution in [2.45, 2.75) is 37.8 Å². The molecular formula is C21H22ClFN4O4. The van der Waals surface area contributed by atoms with E-state index in [1.54, 1.807) is 17.8 Å². The number of carbonyl (C=O) groups excluding carboxylic acids is 2. The molecule has 0 bridgehead atoms. The van der Waals surface area contributed by atoms with Crippen LogP contribution in [0.3, 0.4) is 0 Å². The summed E-state index contributed by atoms with van der Waals surface area (Å²) < 4.78 is 15.1. The van der Waals surface area contributed by atoms with Gasteiger partial charge < -0.3 is 20.3 Å². The normalized spacial score (nSPS) is 19.8. The summed E-state index contributed by atoms with van der Waals surface area (Å²) in [6, 6.07) is 3.34. The maximum Gasteiger partial charge on any atom is 0.407 e. The number of nitrogens with one attached hydrogen (secondary N) is 2. The smallest absolute Gasteiger partial charge is 0.407 e. The lowest BCUT2D eigenvalue weighted by Gasteiger charge is -2.29. The molecule has 1 fully saturated rings. The number of hydrogen-bond acceptors (Lipinski definition) is 3. The van der Waals surface area contributed by atoms with E-state index in [1.165, 1.54) is 23.1 Å². The summed E-state index contributed by atoms with van der Waals surface area (Å²) in [5.74, 6) is -1.02. The number of nitrogens with zero attached hydrogens (tertiary/aromatic N) is 2. The average Bonchev–Trinajstić information content (AvgIpc) is 3.37. The number of hydrogen-bond donors (Lipinski definition) is 3. The van der Waals surface area contributed by atoms with Crippen LogP contribution < -0.4 is 10.6 Å². The molecule has 0 radical (unpaired) electrons. The molecule has 8 nitrogen and oxygen atoms in total. The van der Waals surface area contributed by atoms with Gasteiger partial charge >= 0.3 is 6.09 Å². The van der Waals surface area contributed by atoms with Crippen LogP contribution in [-0.2, 0) is 18.3 Å². The quantitative estimate of drug-likeness (QED) is 0.652. The Kier molecular flexibility index (Phi) is 5.62. The van der Waals surface area contributed by atoms with E-state index in [9.17, 15) is 23.9 Å². The Bertz CT molecular complexity index is 1070. The zero-order valence-electron chi connectivity index (χ0n) is 16.8. The minimum atomic E-state index is -1.06. The highest BCUT2D eigenvalue weighted by Gasteiger charge is 2.37. The highest BCUT2D eigenvalue weighted by atomic mass is 35.5. The molecule has 1 aliphatic carbocycles. The van der Waals surface area contributed by atoms with E-state index in [0.29, 0.717) is 37.1 Å². The summed E-state index contributed by atoms with van der Waals surface area (Å²) in [6.45, 7) is 0.204. The van der Waals surface area contributed by atoms with Crippen LogP contribution in [0, 0.1) is 5.82 Å². The van der Waals surface area contributed by atoms with Gasteiger partial charge in [-0.25, -0.2) is 9.18 Å². The molecule has 0 saturated carbocycles. The van der Waals surface area contributed by atoms with Crippen molar-refractivity contribution < 1.29 is 23.9 Å². The number of anilines is 1. The minimum absolute atomic E-state index is 0.0676. The van der Waals surface area contributed by atoms with Crippen molar-refractivity contribution >= 4 is 35.2 Å². The van der Waals surface area contributed by atoms with Gasteiger partial charge in [-0.2, -0.15) is 0 Å². The zero-order chi connectivity index (χ0) is 22.3. The Hall–Kier alpha value is -3.07. The SMILES string of the molecule is Cn1cc2c(c1C(=O)Nc1ccc(F)c(Cl)c1)CCC2N(CC1CCC(=O)N1)C(=O)O. The summed E-state index contributed by atoms with van der Waals surface area (Å²) in [4.78, 5) is 37.7. The fourth-order valence-electron chi connectivity index (χ4n) is 4.46. The standard InChI is InChI=1S/C21H22ClFN4O4/c1-26-10-14-13(19(26)20(29)25-11-2-5-16(23)15(22)8-11)4-6-17(14)27(21(30)31)9-12-3-7-18(28)24-12/h2,5,8,10,12,17H,3-4,6-7,9H2,1H3,(H,24,28)(H,25,29)(H,30,31). The summed E-state index contributed by atoms with van der Waals surface area (Å²) in [5.41, 5.74) is 2.37. The molecule has 2 heterocycles. The second kappa shape index (κ2) is 8.22. The molecule has 1 aromatic heterocycles. The molecule has 164 valence electrons. The van der Waals surface area contributed by atoms with E-state index in [4.69, 9.17) is 11.6 Å². The van der Waals surface area contributed by atoms with Gasteiger partial charge in [0.1, 0.15) is 11.5 Å². The first kappa shape index (κ1) is 21.2. The topological polar surface area (TPSA) is 104 Å². The molecule has 3 amide bonds. The molecule has 4 rings (SSSR count). The van der Waals surface area contributed by atoms with Crippen LogP contribution in [0.1, 0.15) is 46.9 Å². The zero-order valence-corrected chi connectivity index (χ0v) is 17.6. The highest BCUT2D eigenvalue weighted by molar-refractivity contribution is 6.31. The average molecular weight is 449 g/mol. The highest BCUT2D eigenvalue weighted by Crippen LogP contribution is 2.39. The van der Waals surface area contributed by atoms with E-state index in [2.05, 4.69) is 10.6 Å². The lowest BCUT2D eigenvalue weighted by atomic mass is 10.1. The molecule has 31 heavy (non-hydrogen) atoms. The molecule has 2 atom stereocenters. The second-order valence-electron chi connectivity index (χ2n) is 7.90. The van der Waals surface area contributed by atoms with Crippen molar-refractivity contribution in [1.82, 2.24) is 14.8 Å². The number of halogens is 2. The summed E-state index contributed by atoms with van der Waals surface area (Å²) >= 11 is 5.79. The summed E-state index contributed by atoms with van der Waals surface area (Å²) in [7, 11) is 1.73. The number of carboxylic acid groups (broad SMARTS) is 1. The number of amides is 3. The molecule has 1 aromatic carbocycles. The third-order valence-electron chi connectivity index (χ3n) is 5.86. The van der Waals surface area contributed by atoms with E-state index in [0.717, 1.165) is 11.1 Å². The Morgan fingerprint density at radius 3 is 2.77 bits per heavy atom. The van der Waals surface area contributed by atoms with Gasteiger partial charge in [0.25, 0.3) is 5.91 Å². The third-order valence-corrected chi connectivity index (χ3v) is 6.15. The molecule has 3 N–H and O–H groups in total. The van der Waals surface area contributed by atoms with E-state index in [1.807, 2.05) is 0 Å². The van der Waals surface area contributed by atoms with E-state index < -0.39 is 18.0 Å². The first-order valence-corrected chi connectivity index (χ1v) is 10.4. The molecule has 0 spiro atoms. The van der Waals surface area contributed by atoms with Crippen molar-refractivity contribution in [3.05, 3.63) is 52.1 Å². The van der Waals surface area contributed by atoms with Crippen molar-refractivity contribution in [3.63, 3.8) is 0 Å². The predicted molar refractivity (Wildman–Crippen MR) is 112 cm³/mol. The van der Waals surface area contributed by atoms with Gasteiger partial charge in [-0.3, -0.25) is 14.5 Å². The van der Waals surface area contributed by atoms with Gasteiger partial charge in [0.2, 0.25) is 5.91 Å². The predicted octanol–water partition coefficient (Wildman–Crippen LogP) is 3.32. The Morgan fingerprint density at radius 1 is 1.35 bits per heavy atom. The molecule has 2 aliphatic rings. The summed E-state index contributed by atoms with van der Waals surface area (Å²) in [5, 5.41) is 15.2. The molecule has 1 aliphatic heterocycles. The molecule has 2 unspecified atom stereocenters. The summed E-state index contributed by atoms with van der Waals surface area (Å²) in [6.07, 6.45) is 2.83. The van der Waals surface area contributed by atoms with Gasteiger partial charge in [0.15, 0.2) is 0 Å². The number of aromatic nitrogens is 1. The molecule has 10 heteroatoms. The van der Waals surface area contributed by atoms with Crippen molar-refractivity contribution in [3.8, 4) is 0 Å². The van der Waals surface area contributed by atoms with Crippen LogP contribution in [-0.4, -0.2) is 45.1 Å². The molecule has 1 saturated heterocycles. The lowest BCUT2D eigenvalue weighted by molar-refractivity contribution is -0.119. The van der Waals surface area contributed by atoms with Crippen LogP contribution in [0.4, 0.5) is 14.9 Å². The maximum absolute atomic E-state index is 13.4. The van der Waals surface area contributed by atoms with Crippen molar-refractivity contribution in [1.29, 1.82) is 0 Å². The second-order valence-corrected chi connectivity index (χ2v) is 8.31. The van der Waals surface area contributed by atoms with Gasteiger partial charge in [-0.05, 0) is 48.6 Å². The first-order chi connectivity index (χ1) is 14.7. The van der Waals surface area contributed by atoms with E-state index >= 15 is 0 Å². The number of rotatable bonds is 5. The Morgan fingerprint density at radius 2 is 2.13 bits per heavy atom. The number of aryl methyl sites for hydroxylation is 1. The molecular weight excluding hydrogens is 427 g/mol. The van der Waals surface area contributed by atoms with Crippen LogP contribution in [0.15, 0.2) is 24.4 Å². The maximum atomic E-state index is 13.4. The van der Waals surface area contributed by atoms with Crippen molar-refractivity contribution in [2.75, 3.05) is 11.9 Å². The Labute approximate surface area is 183 Å². The fourth-order valence-corrected chi connectivity index (χ4v) is 4.64. The van der Waals surface area contributed by atoms with E-state index in [-0.39, 0.29) is 29.4 Å². The monoisotopic (exact) mass is 448 g/mol. The molecule has 2 aromatic rings. The Balaban J connectivity index is 1.56. The van der Waals surface area contributed by atoms with Crippen LogP contribution in [0.25, 0.3) is 0 Å². The van der Waals surface area contributed by atoms with Gasteiger partial charge in [0.05, 0.1) is 11.1 Å². The van der Waals surface area contributed by atoms with Crippen LogP contribution in [0.2, 0.25) is 5.02 Å². The minimum Gasteiger partial charge on any atom is -0.465 e. The van der Waals surface area contributed by atoms with Gasteiger partial charge in [-0.15, -0.1) is 0 Å². The van der Waals surface area contributed by atoms with Crippen LogP contribution in [0.5, 0.6) is 0 Å². The largest absolute Gasteiger partial charge is 0.465 e. The third kappa shape index (κ3) is 4.10. The number of benzene rings is 1. The van der Waals surface area contributed by atoms with Gasteiger partial charge in [0, 0.05) is 37.9 Å². The fraction of sp³-hybridized carbons (Fsp3) is 0.381. The van der Waals surface area contributed by atoms with Crippen molar-refractivity contribution in [2.24, 2.45) is 7.05 Å². The van der Waals surface area contributed by atoms with Crippen LogP contribution >= 0.6 is 11.6 Å². The number of carbonyl (C=O) groups is 3. The lowest BCUT2D eigenvalue weighted by Crippen LogP contribution is -2.42. The number of fused-ring (bicyclic) bond motifs is 1. The first-order valence-electron chi connectivity index (χ1n) is 9.98. The van der Waals surface area contributed by atoms with Gasteiger partial charge in [-0.1, -0.05) is 11.6 Å².